The fourth-order valence-electron chi connectivity index (χ4n) is 0.691. The fourth-order valence-corrected chi connectivity index (χ4v) is 0.946. The number of hydrogen-bond acceptors (Lipinski definition) is 2. The average Bonchev–Trinajstić information content (AvgIpc) is 2.02. The molecule has 0 aliphatic heterocycles. The van der Waals surface area contributed by atoms with E-state index < -0.39 is 0 Å². The first kappa shape index (κ1) is 11.8. The van der Waals surface area contributed by atoms with Gasteiger partial charge in [-0.1, -0.05) is 29.8 Å². The molecule has 70 valence electrons. The Morgan fingerprint density at radius 1 is 1.58 bits per heavy atom. The normalized spacial score (nSPS) is 13.2. The molecule has 0 atom stereocenters. The number of rotatable bonds is 4. The summed E-state index contributed by atoms with van der Waals surface area (Å²) in [5.74, 6) is 0.0749. The molecule has 0 saturated heterocycles. The van der Waals surface area contributed by atoms with Gasteiger partial charge in [-0.05, 0) is 22.9 Å². The summed E-state index contributed by atoms with van der Waals surface area (Å²) in [6.07, 6.45) is 0.386. The zero-order valence-corrected chi connectivity index (χ0v) is 9.31. The summed E-state index contributed by atoms with van der Waals surface area (Å²) >= 11 is 3.10. The molecule has 12 heavy (non-hydrogen) atoms. The van der Waals surface area contributed by atoms with Gasteiger partial charge in [-0.2, -0.15) is 0 Å². The number of Topliss-reactive ketones (excluding diaryl/α,β-unsaturated/α-hetero) is 1. The van der Waals surface area contributed by atoms with Gasteiger partial charge in [-0.25, -0.2) is 0 Å². The first-order valence-electron chi connectivity index (χ1n) is 3.84. The summed E-state index contributed by atoms with van der Waals surface area (Å²) in [6.45, 7) is 5.53. The van der Waals surface area contributed by atoms with Crippen molar-refractivity contribution < 1.29 is 9.90 Å². The van der Waals surface area contributed by atoms with Crippen LogP contribution in [0, 0.1) is 5.41 Å². The Kier molecular flexibility index (Phi) is 4.71. The van der Waals surface area contributed by atoms with E-state index in [9.17, 15) is 4.79 Å². The molecule has 2 nitrogen and oxygen atoms in total. The molecule has 0 aliphatic carbocycles. The van der Waals surface area contributed by atoms with Crippen molar-refractivity contribution in [3.63, 3.8) is 0 Å². The number of halogens is 1. The van der Waals surface area contributed by atoms with Gasteiger partial charge in [0.2, 0.25) is 0 Å². The first-order chi connectivity index (χ1) is 5.43. The largest absolute Gasteiger partial charge is 0.396 e. The number of aliphatic hydroxyl groups excluding tert-OH is 1. The van der Waals surface area contributed by atoms with Crippen LogP contribution in [0.25, 0.3) is 0 Å². The van der Waals surface area contributed by atoms with Crippen LogP contribution in [0.15, 0.2) is 10.6 Å². The van der Waals surface area contributed by atoms with E-state index >= 15 is 0 Å². The van der Waals surface area contributed by atoms with Gasteiger partial charge in [0, 0.05) is 13.0 Å². The number of aliphatic hydroxyl groups is 1. The summed E-state index contributed by atoms with van der Waals surface area (Å²) in [5.41, 5.74) is 0.380. The molecule has 0 fully saturated rings. The Balaban J connectivity index is 4.19. The predicted octanol–water partition coefficient (Wildman–Crippen LogP) is 2.26. The van der Waals surface area contributed by atoms with Crippen molar-refractivity contribution in [3.8, 4) is 0 Å². The highest BCUT2D eigenvalue weighted by Crippen LogP contribution is 2.21. The van der Waals surface area contributed by atoms with Gasteiger partial charge >= 0.3 is 0 Å². The molecule has 0 saturated carbocycles. The van der Waals surface area contributed by atoms with Gasteiger partial charge in [0.1, 0.15) is 0 Å². The van der Waals surface area contributed by atoms with E-state index in [0.717, 1.165) is 0 Å². The Morgan fingerprint density at radius 2 is 2.08 bits per heavy atom. The highest BCUT2D eigenvalue weighted by molar-refractivity contribution is 9.11. The second-order valence-electron chi connectivity index (χ2n) is 3.71. The van der Waals surface area contributed by atoms with Crippen molar-refractivity contribution in [1.82, 2.24) is 0 Å². The topological polar surface area (TPSA) is 37.3 Å². The lowest BCUT2D eigenvalue weighted by molar-refractivity contribution is -0.117. The van der Waals surface area contributed by atoms with Crippen LogP contribution in [0.3, 0.4) is 0 Å². The lowest BCUT2D eigenvalue weighted by Gasteiger charge is -2.20. The van der Waals surface area contributed by atoms with E-state index in [-0.39, 0.29) is 17.8 Å². The second kappa shape index (κ2) is 4.77. The Labute approximate surface area is 81.8 Å². The average molecular weight is 235 g/mol. The molecule has 0 amide bonds. The smallest absolute Gasteiger partial charge is 0.159 e. The summed E-state index contributed by atoms with van der Waals surface area (Å²) < 4.78 is 0. The maximum absolute atomic E-state index is 11.3. The standard InChI is InChI=1S/C9H15BrO2/c1-7(5-10)8(12)4-9(2,3)6-11/h5,11H,4,6H2,1-3H3/b7-5+. The van der Waals surface area contributed by atoms with Crippen LogP contribution in [-0.4, -0.2) is 17.5 Å². The zero-order valence-electron chi connectivity index (χ0n) is 7.72. The minimum atomic E-state index is -0.311. The molecule has 0 spiro atoms. The molecule has 1 N–H and O–H groups in total. The zero-order chi connectivity index (χ0) is 9.78. The first-order valence-corrected chi connectivity index (χ1v) is 4.75. The highest BCUT2D eigenvalue weighted by atomic mass is 79.9. The molecule has 0 aromatic heterocycles. The molecule has 0 heterocycles. The van der Waals surface area contributed by atoms with Gasteiger partial charge in [0.25, 0.3) is 0 Å². The number of ketones is 1. The van der Waals surface area contributed by atoms with E-state index in [1.165, 1.54) is 0 Å². The number of hydrogen-bond donors (Lipinski definition) is 1. The third-order valence-electron chi connectivity index (χ3n) is 1.67. The van der Waals surface area contributed by atoms with Crippen LogP contribution in [-0.2, 0) is 4.79 Å². The maximum Gasteiger partial charge on any atom is 0.159 e. The van der Waals surface area contributed by atoms with Gasteiger partial charge in [0.15, 0.2) is 5.78 Å². The van der Waals surface area contributed by atoms with Gasteiger partial charge in [-0.15, -0.1) is 0 Å². The molecule has 3 heteroatoms. The third kappa shape index (κ3) is 4.02. The lowest BCUT2D eigenvalue weighted by atomic mass is 9.87. The monoisotopic (exact) mass is 234 g/mol. The summed E-state index contributed by atoms with van der Waals surface area (Å²) in [6, 6.07) is 0. The maximum atomic E-state index is 11.3. The third-order valence-corrected chi connectivity index (χ3v) is 2.36. The Morgan fingerprint density at radius 3 is 2.42 bits per heavy atom. The SMILES string of the molecule is C/C(=C\Br)C(=O)CC(C)(C)CO. The summed E-state index contributed by atoms with van der Waals surface area (Å²) in [5, 5.41) is 8.91. The van der Waals surface area contributed by atoms with E-state index in [1.807, 2.05) is 13.8 Å². The van der Waals surface area contributed by atoms with Crippen LogP contribution in [0.1, 0.15) is 27.2 Å². The molecular weight excluding hydrogens is 220 g/mol. The van der Waals surface area contributed by atoms with E-state index in [2.05, 4.69) is 15.9 Å². The predicted molar refractivity (Wildman–Crippen MR) is 53.2 cm³/mol. The van der Waals surface area contributed by atoms with Crippen molar-refractivity contribution in [1.29, 1.82) is 0 Å². The highest BCUT2D eigenvalue weighted by Gasteiger charge is 2.21. The molecule has 0 bridgehead atoms. The van der Waals surface area contributed by atoms with E-state index in [4.69, 9.17) is 5.11 Å². The molecule has 0 rings (SSSR count). The minimum absolute atomic E-state index is 0.0360. The van der Waals surface area contributed by atoms with Crippen LogP contribution < -0.4 is 0 Å². The summed E-state index contributed by atoms with van der Waals surface area (Å²) in [7, 11) is 0. The molecule has 0 aromatic carbocycles. The van der Waals surface area contributed by atoms with E-state index in [0.29, 0.717) is 12.0 Å². The van der Waals surface area contributed by atoms with Crippen molar-refractivity contribution in [3.05, 3.63) is 10.6 Å². The van der Waals surface area contributed by atoms with E-state index in [1.54, 1.807) is 11.9 Å². The van der Waals surface area contributed by atoms with Crippen LogP contribution >= 0.6 is 15.9 Å². The van der Waals surface area contributed by atoms with Gasteiger partial charge in [0.05, 0.1) is 0 Å². The number of carbonyl (C=O) groups excluding carboxylic acids is 1. The molecule has 0 aromatic rings. The van der Waals surface area contributed by atoms with Gasteiger partial charge in [-0.3, -0.25) is 4.79 Å². The molecule has 0 radical (unpaired) electrons. The van der Waals surface area contributed by atoms with Crippen molar-refractivity contribution in [2.75, 3.05) is 6.61 Å². The quantitative estimate of drug-likeness (QED) is 0.759. The Hall–Kier alpha value is -0.150. The Bertz CT molecular complexity index is 195. The molecule has 0 unspecified atom stereocenters. The van der Waals surface area contributed by atoms with Crippen LogP contribution in [0.4, 0.5) is 0 Å². The van der Waals surface area contributed by atoms with Crippen molar-refractivity contribution in [2.45, 2.75) is 27.2 Å². The lowest BCUT2D eigenvalue weighted by Crippen LogP contribution is -2.21. The fraction of sp³-hybridized carbons (Fsp3) is 0.667. The minimum Gasteiger partial charge on any atom is -0.396 e. The molecule has 0 aliphatic rings. The summed E-state index contributed by atoms with van der Waals surface area (Å²) in [4.78, 5) is 13.0. The van der Waals surface area contributed by atoms with Crippen LogP contribution in [0.5, 0.6) is 0 Å². The van der Waals surface area contributed by atoms with Crippen molar-refractivity contribution >= 4 is 21.7 Å². The van der Waals surface area contributed by atoms with Gasteiger partial charge < -0.3 is 5.11 Å². The number of allylic oxidation sites excluding steroid dienone is 1. The second-order valence-corrected chi connectivity index (χ2v) is 4.17. The van der Waals surface area contributed by atoms with Crippen molar-refractivity contribution in [2.24, 2.45) is 5.41 Å². The number of carbonyl (C=O) groups is 1. The molecular formula is C9H15BrO2. The van der Waals surface area contributed by atoms with Crippen LogP contribution in [0.2, 0.25) is 0 Å².